The molecule has 22 heavy (non-hydrogen) atoms. The zero-order valence-corrected chi connectivity index (χ0v) is 12.5. The van der Waals surface area contributed by atoms with Crippen LogP contribution in [0.1, 0.15) is 21.9 Å². The van der Waals surface area contributed by atoms with E-state index in [0.717, 1.165) is 5.56 Å². The van der Waals surface area contributed by atoms with Gasteiger partial charge in [-0.1, -0.05) is 23.7 Å². The van der Waals surface area contributed by atoms with Gasteiger partial charge in [-0.3, -0.25) is 4.40 Å². The number of halogens is 1. The van der Waals surface area contributed by atoms with Crippen molar-refractivity contribution < 1.29 is 14.6 Å². The summed E-state index contributed by atoms with van der Waals surface area (Å²) in [6.45, 7) is 2.12. The normalized spacial score (nSPS) is 10.8. The number of carboxylic acid groups (broad SMARTS) is 1. The van der Waals surface area contributed by atoms with E-state index in [1.165, 1.54) is 0 Å². The molecule has 0 saturated heterocycles. The van der Waals surface area contributed by atoms with Crippen LogP contribution in [0, 0.1) is 6.92 Å². The molecule has 0 aliphatic rings. The van der Waals surface area contributed by atoms with Crippen molar-refractivity contribution in [3.63, 3.8) is 0 Å². The van der Waals surface area contributed by atoms with Gasteiger partial charge in [-0.15, -0.1) is 0 Å². The van der Waals surface area contributed by atoms with Gasteiger partial charge in [0.25, 0.3) is 0 Å². The molecule has 1 N–H and O–H groups in total. The van der Waals surface area contributed by atoms with Crippen LogP contribution in [0.5, 0.6) is 5.75 Å². The number of pyridine rings is 1. The summed E-state index contributed by atoms with van der Waals surface area (Å²) in [6.07, 6.45) is 1.72. The van der Waals surface area contributed by atoms with Crippen LogP contribution in [0.3, 0.4) is 0 Å². The largest absolute Gasteiger partial charge is 0.486 e. The number of aromatic carboxylic acids is 1. The topological polar surface area (TPSA) is 63.8 Å². The van der Waals surface area contributed by atoms with Crippen LogP contribution in [0.2, 0.25) is 5.02 Å². The molecule has 0 amide bonds. The fourth-order valence-corrected chi connectivity index (χ4v) is 2.52. The predicted molar refractivity (Wildman–Crippen MR) is 82.7 cm³/mol. The molecule has 0 bridgehead atoms. The third-order valence-electron chi connectivity index (χ3n) is 3.25. The van der Waals surface area contributed by atoms with Crippen molar-refractivity contribution in [2.45, 2.75) is 13.5 Å². The maximum absolute atomic E-state index is 11.3. The Bertz CT molecular complexity index is 858. The number of carboxylic acids is 1. The monoisotopic (exact) mass is 316 g/mol. The Morgan fingerprint density at radius 2 is 2.18 bits per heavy atom. The molecule has 0 spiro atoms. The maximum atomic E-state index is 11.3. The van der Waals surface area contributed by atoms with E-state index in [2.05, 4.69) is 4.98 Å². The zero-order valence-electron chi connectivity index (χ0n) is 11.8. The zero-order chi connectivity index (χ0) is 15.7. The highest BCUT2D eigenvalue weighted by molar-refractivity contribution is 6.34. The Kier molecular flexibility index (Phi) is 3.73. The molecule has 5 nitrogen and oxygen atoms in total. The lowest BCUT2D eigenvalue weighted by Crippen LogP contribution is -2.01. The van der Waals surface area contributed by atoms with Gasteiger partial charge in [0.1, 0.15) is 12.4 Å². The van der Waals surface area contributed by atoms with Gasteiger partial charge < -0.3 is 9.84 Å². The van der Waals surface area contributed by atoms with Crippen molar-refractivity contribution in [1.29, 1.82) is 0 Å². The minimum absolute atomic E-state index is 0.0755. The number of ether oxygens (including phenoxy) is 1. The van der Waals surface area contributed by atoms with Crippen LogP contribution in [0.25, 0.3) is 5.52 Å². The molecule has 2 heterocycles. The first-order valence-corrected chi connectivity index (χ1v) is 7.02. The van der Waals surface area contributed by atoms with E-state index in [4.69, 9.17) is 16.3 Å². The van der Waals surface area contributed by atoms with Crippen LogP contribution in [0.15, 0.2) is 42.6 Å². The molecule has 0 saturated carbocycles. The Hall–Kier alpha value is -2.53. The van der Waals surface area contributed by atoms with Gasteiger partial charge in [-0.2, -0.15) is 0 Å². The highest BCUT2D eigenvalue weighted by Gasteiger charge is 2.19. The second kappa shape index (κ2) is 5.69. The quantitative estimate of drug-likeness (QED) is 0.799. The van der Waals surface area contributed by atoms with Crippen LogP contribution >= 0.6 is 11.6 Å². The van der Waals surface area contributed by atoms with Crippen LogP contribution < -0.4 is 4.74 Å². The SMILES string of the molecule is Cc1cccc(OCc2nc(C(=O)O)c3c(Cl)cccn23)c1. The molecule has 0 radical (unpaired) electrons. The van der Waals surface area contributed by atoms with E-state index in [0.29, 0.717) is 22.1 Å². The maximum Gasteiger partial charge on any atom is 0.356 e. The number of aryl methyl sites for hydroxylation is 1. The second-order valence-corrected chi connectivity index (χ2v) is 5.27. The van der Waals surface area contributed by atoms with Gasteiger partial charge >= 0.3 is 5.97 Å². The summed E-state index contributed by atoms with van der Waals surface area (Å²) in [5.41, 5.74) is 1.38. The molecule has 3 rings (SSSR count). The summed E-state index contributed by atoms with van der Waals surface area (Å²) in [7, 11) is 0. The van der Waals surface area contributed by atoms with Gasteiger partial charge in [0, 0.05) is 6.20 Å². The summed E-state index contributed by atoms with van der Waals surface area (Å²) in [5.74, 6) is 0.0689. The molecule has 3 aromatic rings. The number of hydrogen-bond acceptors (Lipinski definition) is 3. The Labute approximate surface area is 131 Å². The fourth-order valence-electron chi connectivity index (χ4n) is 2.26. The summed E-state index contributed by atoms with van der Waals surface area (Å²) >= 11 is 6.09. The first-order valence-electron chi connectivity index (χ1n) is 6.64. The minimum atomic E-state index is -1.12. The molecule has 0 atom stereocenters. The van der Waals surface area contributed by atoms with Gasteiger partial charge in [0.2, 0.25) is 0 Å². The van der Waals surface area contributed by atoms with E-state index in [1.54, 1.807) is 22.7 Å². The first-order chi connectivity index (χ1) is 10.6. The van der Waals surface area contributed by atoms with Crippen molar-refractivity contribution in [3.8, 4) is 5.75 Å². The van der Waals surface area contributed by atoms with E-state index < -0.39 is 5.97 Å². The molecule has 0 aliphatic carbocycles. The lowest BCUT2D eigenvalue weighted by Gasteiger charge is -2.06. The van der Waals surface area contributed by atoms with Crippen molar-refractivity contribution in [1.82, 2.24) is 9.38 Å². The average molecular weight is 317 g/mol. The highest BCUT2D eigenvalue weighted by Crippen LogP contribution is 2.23. The molecule has 0 unspecified atom stereocenters. The minimum Gasteiger partial charge on any atom is -0.486 e. The predicted octanol–water partition coefficient (Wildman–Crippen LogP) is 3.57. The van der Waals surface area contributed by atoms with Gasteiger partial charge in [-0.05, 0) is 36.8 Å². The number of benzene rings is 1. The number of rotatable bonds is 4. The van der Waals surface area contributed by atoms with Crippen molar-refractivity contribution in [2.24, 2.45) is 0 Å². The summed E-state index contributed by atoms with van der Waals surface area (Å²) in [6, 6.07) is 11.0. The number of aromatic nitrogens is 2. The van der Waals surface area contributed by atoms with Gasteiger partial charge in [0.05, 0.1) is 10.5 Å². The second-order valence-electron chi connectivity index (χ2n) is 4.86. The summed E-state index contributed by atoms with van der Waals surface area (Å²) < 4.78 is 7.34. The molecule has 0 fully saturated rings. The van der Waals surface area contributed by atoms with E-state index in [-0.39, 0.29) is 12.3 Å². The van der Waals surface area contributed by atoms with E-state index in [1.807, 2.05) is 31.2 Å². The molecular formula is C16H13ClN2O3. The van der Waals surface area contributed by atoms with Crippen molar-refractivity contribution in [3.05, 3.63) is 64.7 Å². The smallest absolute Gasteiger partial charge is 0.356 e. The molecule has 112 valence electrons. The molecule has 2 aromatic heterocycles. The first kappa shape index (κ1) is 14.4. The number of carbonyl (C=O) groups is 1. The number of fused-ring (bicyclic) bond motifs is 1. The standard InChI is InChI=1S/C16H13ClN2O3/c1-10-4-2-5-11(8-10)22-9-13-18-14(16(20)21)15-12(17)6-3-7-19(13)15/h2-8H,9H2,1H3,(H,20,21). The van der Waals surface area contributed by atoms with Crippen LogP contribution in [-0.4, -0.2) is 20.5 Å². The summed E-state index contributed by atoms with van der Waals surface area (Å²) in [4.78, 5) is 15.5. The van der Waals surface area contributed by atoms with E-state index >= 15 is 0 Å². The van der Waals surface area contributed by atoms with Crippen LogP contribution in [-0.2, 0) is 6.61 Å². The third-order valence-corrected chi connectivity index (χ3v) is 3.55. The van der Waals surface area contributed by atoms with Gasteiger partial charge in [0.15, 0.2) is 11.5 Å². The molecule has 6 heteroatoms. The Balaban J connectivity index is 1.97. The van der Waals surface area contributed by atoms with Crippen LogP contribution in [0.4, 0.5) is 0 Å². The molecule has 1 aromatic carbocycles. The fraction of sp³-hybridized carbons (Fsp3) is 0.125. The number of imidazole rings is 1. The van der Waals surface area contributed by atoms with Gasteiger partial charge in [-0.25, -0.2) is 9.78 Å². The highest BCUT2D eigenvalue weighted by atomic mass is 35.5. The number of hydrogen-bond donors (Lipinski definition) is 1. The number of nitrogens with zero attached hydrogens (tertiary/aromatic N) is 2. The third kappa shape index (κ3) is 2.63. The van der Waals surface area contributed by atoms with E-state index in [9.17, 15) is 9.90 Å². The summed E-state index contributed by atoms with van der Waals surface area (Å²) in [5, 5.41) is 9.61. The lowest BCUT2D eigenvalue weighted by atomic mass is 10.2. The molecular weight excluding hydrogens is 304 g/mol. The lowest BCUT2D eigenvalue weighted by molar-refractivity contribution is 0.0693. The van der Waals surface area contributed by atoms with Crippen molar-refractivity contribution in [2.75, 3.05) is 0 Å². The van der Waals surface area contributed by atoms with Crippen molar-refractivity contribution >= 4 is 23.1 Å². The molecule has 0 aliphatic heterocycles. The Morgan fingerprint density at radius 3 is 2.91 bits per heavy atom. The average Bonchev–Trinajstić information content (AvgIpc) is 2.86. The Morgan fingerprint density at radius 1 is 1.36 bits per heavy atom.